The number of aliphatic carboxylic acids is 1. The van der Waals surface area contributed by atoms with Crippen LogP contribution >= 0.6 is 0 Å². The van der Waals surface area contributed by atoms with Crippen LogP contribution < -0.4 is 4.74 Å². The van der Waals surface area contributed by atoms with Crippen molar-refractivity contribution in [1.82, 2.24) is 0 Å². The number of hydrogen-bond donors (Lipinski definition) is 1. The molecule has 0 bridgehead atoms. The van der Waals surface area contributed by atoms with Crippen molar-refractivity contribution in [1.29, 1.82) is 0 Å². The third kappa shape index (κ3) is 3.32. The van der Waals surface area contributed by atoms with Crippen molar-refractivity contribution < 1.29 is 19.4 Å². The van der Waals surface area contributed by atoms with E-state index in [9.17, 15) is 9.59 Å². The molecule has 82 valence electrons. The molecule has 0 saturated carbocycles. The van der Waals surface area contributed by atoms with Crippen LogP contribution in [-0.2, 0) is 4.79 Å². The molecule has 1 N–H and O–H groups in total. The molecule has 0 atom stereocenters. The second-order valence-electron chi connectivity index (χ2n) is 2.70. The lowest BCUT2D eigenvalue weighted by Crippen LogP contribution is -2.09. The van der Waals surface area contributed by atoms with Gasteiger partial charge in [0.25, 0.3) is 0 Å². The molecule has 0 spiro atoms. The first-order chi connectivity index (χ1) is 7.63. The fourth-order valence-electron chi connectivity index (χ4n) is 0.937. The zero-order chi connectivity index (χ0) is 12.0. The summed E-state index contributed by atoms with van der Waals surface area (Å²) in [4.78, 5) is 23.6. The molecule has 0 aliphatic carbocycles. The molecule has 0 radical (unpaired) electrons. The first-order valence-electron chi connectivity index (χ1n) is 4.17. The Morgan fingerprint density at radius 3 is 2.50 bits per heavy atom. The first-order valence-corrected chi connectivity index (χ1v) is 4.17. The van der Waals surface area contributed by atoms with Crippen LogP contribution in [0.5, 0.6) is 5.75 Å². The number of nitrogens with zero attached hydrogens (tertiary/aromatic N) is 3. The van der Waals surface area contributed by atoms with Crippen LogP contribution in [0.15, 0.2) is 29.4 Å². The number of carboxylic acid groups (broad SMARTS) is 1. The fourth-order valence-corrected chi connectivity index (χ4v) is 0.937. The smallest absolute Gasteiger partial charge is 0.341 e. The van der Waals surface area contributed by atoms with Gasteiger partial charge >= 0.3 is 5.97 Å². The van der Waals surface area contributed by atoms with Gasteiger partial charge in [0.15, 0.2) is 6.61 Å². The number of azide groups is 1. The van der Waals surface area contributed by atoms with Crippen molar-refractivity contribution >= 4 is 11.9 Å². The molecule has 16 heavy (non-hydrogen) atoms. The molecule has 0 heterocycles. The highest BCUT2D eigenvalue weighted by Crippen LogP contribution is 2.12. The molecular weight excluding hydrogens is 214 g/mol. The standard InChI is InChI=1S/C9H7N3O4/c10-12-11-9(15)6-1-3-7(4-2-6)16-5-8(13)14/h1-4H,5H2,(H,13,14). The highest BCUT2D eigenvalue weighted by molar-refractivity contribution is 5.94. The van der Waals surface area contributed by atoms with Crippen LogP contribution in [0.4, 0.5) is 0 Å². The maximum absolute atomic E-state index is 11.1. The fraction of sp³-hybridized carbons (Fsp3) is 0.111. The van der Waals surface area contributed by atoms with Gasteiger partial charge in [-0.05, 0) is 34.9 Å². The van der Waals surface area contributed by atoms with Crippen molar-refractivity contribution in [3.8, 4) is 5.75 Å². The summed E-state index contributed by atoms with van der Waals surface area (Å²) in [5.41, 5.74) is 8.25. The number of ether oxygens (including phenoxy) is 1. The van der Waals surface area contributed by atoms with E-state index in [1.165, 1.54) is 24.3 Å². The number of carbonyl (C=O) groups excluding carboxylic acids is 1. The molecule has 7 nitrogen and oxygen atoms in total. The normalized spacial score (nSPS) is 9.00. The van der Waals surface area contributed by atoms with Gasteiger partial charge in [0, 0.05) is 10.5 Å². The maximum atomic E-state index is 11.1. The Morgan fingerprint density at radius 2 is 2.00 bits per heavy atom. The van der Waals surface area contributed by atoms with Crippen molar-refractivity contribution in [3.05, 3.63) is 40.3 Å². The number of amides is 1. The lowest BCUT2D eigenvalue weighted by molar-refractivity contribution is -0.139. The average molecular weight is 221 g/mol. The zero-order valence-electron chi connectivity index (χ0n) is 8.03. The molecule has 1 amide bonds. The molecule has 0 aromatic heterocycles. The van der Waals surface area contributed by atoms with Gasteiger partial charge in [0.2, 0.25) is 5.91 Å². The first kappa shape index (κ1) is 11.5. The van der Waals surface area contributed by atoms with Gasteiger partial charge in [-0.2, -0.15) is 0 Å². The molecule has 1 rings (SSSR count). The number of hydrogen-bond acceptors (Lipinski definition) is 3. The van der Waals surface area contributed by atoms with Crippen molar-refractivity contribution in [2.45, 2.75) is 0 Å². The number of carboxylic acids is 1. The minimum atomic E-state index is -1.09. The molecule has 0 fully saturated rings. The maximum Gasteiger partial charge on any atom is 0.341 e. The van der Waals surface area contributed by atoms with E-state index in [4.69, 9.17) is 15.4 Å². The summed E-state index contributed by atoms with van der Waals surface area (Å²) in [6.07, 6.45) is 0. The summed E-state index contributed by atoms with van der Waals surface area (Å²) in [5.74, 6) is -1.47. The van der Waals surface area contributed by atoms with E-state index in [1.54, 1.807) is 0 Å². The minimum Gasteiger partial charge on any atom is -0.482 e. The summed E-state index contributed by atoms with van der Waals surface area (Å²) in [6.45, 7) is -0.455. The largest absolute Gasteiger partial charge is 0.482 e. The number of carbonyl (C=O) groups is 2. The third-order valence-electron chi connectivity index (χ3n) is 1.60. The lowest BCUT2D eigenvalue weighted by Gasteiger charge is -2.02. The van der Waals surface area contributed by atoms with E-state index in [0.29, 0.717) is 5.75 Å². The van der Waals surface area contributed by atoms with Gasteiger partial charge in [-0.1, -0.05) is 0 Å². The van der Waals surface area contributed by atoms with Crippen LogP contribution in [0, 0.1) is 0 Å². The summed E-state index contributed by atoms with van der Waals surface area (Å²) in [5, 5.41) is 11.3. The second kappa shape index (κ2) is 5.38. The average Bonchev–Trinajstić information content (AvgIpc) is 2.27. The quantitative estimate of drug-likeness (QED) is 0.472. The van der Waals surface area contributed by atoms with Crippen LogP contribution in [0.1, 0.15) is 10.4 Å². The van der Waals surface area contributed by atoms with Gasteiger partial charge in [0.1, 0.15) is 5.75 Å². The highest BCUT2D eigenvalue weighted by Gasteiger charge is 2.03. The Balaban J connectivity index is 2.71. The number of rotatable bonds is 4. The molecule has 7 heteroatoms. The van der Waals surface area contributed by atoms with Crippen molar-refractivity contribution in [2.75, 3.05) is 6.61 Å². The predicted octanol–water partition coefficient (Wildman–Crippen LogP) is 1.60. The Bertz CT molecular complexity index is 448. The Labute approximate surface area is 89.9 Å². The van der Waals surface area contributed by atoms with E-state index >= 15 is 0 Å². The van der Waals surface area contributed by atoms with Gasteiger partial charge in [-0.3, -0.25) is 4.79 Å². The molecule has 1 aromatic carbocycles. The Hall–Kier alpha value is -2.53. The summed E-state index contributed by atoms with van der Waals surface area (Å²) in [6, 6.07) is 5.61. The summed E-state index contributed by atoms with van der Waals surface area (Å²) in [7, 11) is 0. The Morgan fingerprint density at radius 1 is 1.38 bits per heavy atom. The third-order valence-corrected chi connectivity index (χ3v) is 1.60. The second-order valence-corrected chi connectivity index (χ2v) is 2.70. The summed E-state index contributed by atoms with van der Waals surface area (Å²) < 4.78 is 4.85. The van der Waals surface area contributed by atoms with Crippen LogP contribution in [0.25, 0.3) is 10.4 Å². The van der Waals surface area contributed by atoms with Crippen LogP contribution in [-0.4, -0.2) is 23.6 Å². The van der Waals surface area contributed by atoms with E-state index < -0.39 is 18.5 Å². The Kier molecular flexibility index (Phi) is 3.88. The van der Waals surface area contributed by atoms with Crippen LogP contribution in [0.3, 0.4) is 0 Å². The van der Waals surface area contributed by atoms with Gasteiger partial charge in [-0.15, -0.1) is 0 Å². The minimum absolute atomic E-state index is 0.209. The summed E-state index contributed by atoms with van der Waals surface area (Å²) >= 11 is 0. The van der Waals surface area contributed by atoms with E-state index in [2.05, 4.69) is 10.0 Å². The van der Waals surface area contributed by atoms with Gasteiger partial charge < -0.3 is 9.84 Å². The van der Waals surface area contributed by atoms with E-state index in [0.717, 1.165) is 0 Å². The molecule has 1 aromatic rings. The molecular formula is C9H7N3O4. The molecule has 0 unspecified atom stereocenters. The lowest BCUT2D eigenvalue weighted by atomic mass is 10.2. The van der Waals surface area contributed by atoms with E-state index in [1.807, 2.05) is 0 Å². The molecule has 0 saturated heterocycles. The monoisotopic (exact) mass is 221 g/mol. The molecule has 0 aliphatic heterocycles. The topological polar surface area (TPSA) is 112 Å². The van der Waals surface area contributed by atoms with Gasteiger partial charge in [-0.25, -0.2) is 4.79 Å². The predicted molar refractivity (Wildman–Crippen MR) is 53.0 cm³/mol. The number of benzene rings is 1. The van der Waals surface area contributed by atoms with Gasteiger partial charge in [0.05, 0.1) is 0 Å². The van der Waals surface area contributed by atoms with Crippen LogP contribution in [0.2, 0.25) is 0 Å². The molecule has 0 aliphatic rings. The highest BCUT2D eigenvalue weighted by atomic mass is 16.5. The van der Waals surface area contributed by atoms with E-state index in [-0.39, 0.29) is 5.56 Å². The SMILES string of the molecule is [N-]=[N+]=NC(=O)c1ccc(OCC(=O)O)cc1. The zero-order valence-corrected chi connectivity index (χ0v) is 8.03. The van der Waals surface area contributed by atoms with Crippen molar-refractivity contribution in [2.24, 2.45) is 5.11 Å². The van der Waals surface area contributed by atoms with Crippen molar-refractivity contribution in [3.63, 3.8) is 0 Å².